The summed E-state index contributed by atoms with van der Waals surface area (Å²) in [4.78, 5) is 19.6. The van der Waals surface area contributed by atoms with Crippen molar-refractivity contribution in [2.24, 2.45) is 0 Å². The van der Waals surface area contributed by atoms with Gasteiger partial charge in [0.05, 0.1) is 16.7 Å². The van der Waals surface area contributed by atoms with E-state index < -0.39 is 0 Å². The van der Waals surface area contributed by atoms with E-state index in [1.807, 2.05) is 41.7 Å². The molecule has 70 heavy (non-hydrogen) atoms. The third-order valence-corrected chi connectivity index (χ3v) is 14.6. The number of nitrogens with zero attached hydrogens (tertiary/aromatic N) is 4. The van der Waals surface area contributed by atoms with Gasteiger partial charge in [-0.25, -0.2) is 26.1 Å². The van der Waals surface area contributed by atoms with E-state index in [0.717, 1.165) is 83.2 Å². The number of aromatic amines is 1. The van der Waals surface area contributed by atoms with Crippen LogP contribution in [-0.4, -0.2) is 24.5 Å². The number of fused-ring (bicyclic) bond motifs is 10. The number of nitrogens with one attached hydrogen (secondary N) is 1. The largest absolute Gasteiger partial charge is 2.00 e. The molecule has 7 heteroatoms. The molecule has 0 radical (unpaired) electrons. The average molecular weight is 1130 g/mol. The first-order chi connectivity index (χ1) is 34.2. The summed E-state index contributed by atoms with van der Waals surface area (Å²) in [6, 6.07) is 84.0. The summed E-state index contributed by atoms with van der Waals surface area (Å²) in [7, 11) is 0. The second kappa shape index (κ2) is 17.2. The van der Waals surface area contributed by atoms with Crippen LogP contribution in [0.5, 0.6) is 0 Å². The molecule has 14 aromatic rings. The maximum atomic E-state index is 5.39. The fourth-order valence-corrected chi connectivity index (χ4v) is 11.5. The molecule has 1 N–H and O–H groups in total. The smallest absolute Gasteiger partial charge is 0.354 e. The first-order valence-electron chi connectivity index (χ1n) is 23.1. The molecule has 4 heterocycles. The van der Waals surface area contributed by atoms with Crippen molar-refractivity contribution >= 4 is 75.1 Å². The third kappa shape index (κ3) is 7.00. The van der Waals surface area contributed by atoms with Crippen LogP contribution in [0.4, 0.5) is 0 Å². The van der Waals surface area contributed by atoms with E-state index in [0.29, 0.717) is 17.5 Å². The van der Waals surface area contributed by atoms with Gasteiger partial charge in [-0.05, 0) is 53.6 Å². The van der Waals surface area contributed by atoms with Crippen LogP contribution < -0.4 is 0 Å². The zero-order valence-electron chi connectivity index (χ0n) is 37.5. The van der Waals surface area contributed by atoms with Crippen LogP contribution in [0.2, 0.25) is 0 Å². The van der Waals surface area contributed by atoms with Crippen molar-refractivity contribution in [3.63, 3.8) is 0 Å². The second-order valence-corrected chi connectivity index (χ2v) is 18.5. The average Bonchev–Trinajstić information content (AvgIpc) is 4.10. The number of rotatable bonds is 7. The molecular weight excluding hydrogens is 1100 g/mol. The number of thiophene rings is 1. The number of benzene rings is 10. The van der Waals surface area contributed by atoms with Gasteiger partial charge < -0.3 is 9.55 Å². The molecule has 0 saturated heterocycles. The Kier molecular flexibility index (Phi) is 10.4. The van der Waals surface area contributed by atoms with Gasteiger partial charge in [0.15, 0.2) is 11.6 Å². The number of H-pyrrole nitrogens is 1. The summed E-state index contributed by atoms with van der Waals surface area (Å²) in [5.74, 6) is 1.72. The summed E-state index contributed by atoms with van der Waals surface area (Å²) in [5.41, 5.74) is 14.3. The minimum absolute atomic E-state index is 0. The van der Waals surface area contributed by atoms with Crippen molar-refractivity contribution in [3.05, 3.63) is 231 Å². The minimum Gasteiger partial charge on any atom is -0.354 e. The maximum Gasteiger partial charge on any atom is 2.00 e. The monoisotopic (exact) mass is 1130 g/mol. The second-order valence-electron chi connectivity index (χ2n) is 17.4. The van der Waals surface area contributed by atoms with Crippen LogP contribution in [0.15, 0.2) is 218 Å². The van der Waals surface area contributed by atoms with Gasteiger partial charge >= 0.3 is 31.1 Å². The Bertz CT molecular complexity index is 4230. The van der Waals surface area contributed by atoms with Crippen molar-refractivity contribution < 1.29 is 31.1 Å². The fourth-order valence-electron chi connectivity index (χ4n) is 10.2. The standard InChI is InChI=1S/C63H37N5S.U/c1-4-16-39(17-5-1)40-28-30-43(31-29-40)61-65-62(44-32-33-47-46-22-10-13-25-53(46)64-54(47)38-44)67-63(66-61)45-36-51(41-18-6-2-7-19-41)59(52(37-45)42-20-8-3-9-21-42)68-55-26-14-11-24-50(55)58-56(68)35-34-49-48-23-12-15-27-57(48)69-60(49)58;/h1-16,18-28,30-38,64H;/q-2;+2. The van der Waals surface area contributed by atoms with Crippen molar-refractivity contribution in [1.29, 1.82) is 0 Å². The molecule has 0 aliphatic heterocycles. The molecule has 5 nitrogen and oxygen atoms in total. The first kappa shape index (κ1) is 42.2. The zero-order valence-corrected chi connectivity index (χ0v) is 42.5. The maximum absolute atomic E-state index is 5.39. The Labute approximate surface area is 431 Å². The molecule has 0 unspecified atom stereocenters. The van der Waals surface area contributed by atoms with Crippen molar-refractivity contribution in [3.8, 4) is 73.2 Å². The van der Waals surface area contributed by atoms with Crippen molar-refractivity contribution in [2.75, 3.05) is 0 Å². The summed E-state index contributed by atoms with van der Waals surface area (Å²) in [6.45, 7) is 0. The van der Waals surface area contributed by atoms with Gasteiger partial charge in [0, 0.05) is 75.0 Å². The normalized spacial score (nSPS) is 11.6. The number of para-hydroxylation sites is 2. The first-order valence-corrected chi connectivity index (χ1v) is 23.9. The Hall–Kier alpha value is -7.92. The van der Waals surface area contributed by atoms with Crippen LogP contribution in [0.3, 0.4) is 0 Å². The van der Waals surface area contributed by atoms with E-state index in [9.17, 15) is 0 Å². The molecule has 0 saturated carbocycles. The quantitative estimate of drug-likeness (QED) is 0.162. The van der Waals surface area contributed by atoms with Crippen LogP contribution in [-0.2, 0) is 0 Å². The van der Waals surface area contributed by atoms with Gasteiger partial charge in [-0.1, -0.05) is 139 Å². The van der Waals surface area contributed by atoms with E-state index in [4.69, 9.17) is 15.0 Å². The van der Waals surface area contributed by atoms with Gasteiger partial charge in [0.25, 0.3) is 0 Å². The van der Waals surface area contributed by atoms with Crippen LogP contribution in [0.25, 0.3) is 137 Å². The van der Waals surface area contributed by atoms with Crippen LogP contribution in [0, 0.1) is 43.2 Å². The SMILES string of the molecule is [U+2].[c-]1ccccc1-c1[c-]cc(-c2nc(-c3cc(-c4ccccc4)c(-n4c5ccccc5c5c6sc7ccccc7c6ccc54)c(-c4ccccc4)c3)nc(-c3ccc4c(c3)[nH]c3ccccc34)n2)cc1. The Morgan fingerprint density at radius 2 is 1.01 bits per heavy atom. The van der Waals surface area contributed by atoms with E-state index in [1.165, 1.54) is 36.3 Å². The summed E-state index contributed by atoms with van der Waals surface area (Å²) >= 11 is 1.87. The van der Waals surface area contributed by atoms with Crippen LogP contribution in [0.1, 0.15) is 0 Å². The molecule has 0 aliphatic carbocycles. The molecule has 0 spiro atoms. The Balaban J connectivity index is 0.00000480. The Morgan fingerprint density at radius 1 is 0.414 bits per heavy atom. The zero-order chi connectivity index (χ0) is 45.4. The minimum atomic E-state index is 0. The predicted octanol–water partition coefficient (Wildman–Crippen LogP) is 16.6. The van der Waals surface area contributed by atoms with Gasteiger partial charge in [-0.2, -0.15) is 36.4 Å². The van der Waals surface area contributed by atoms with Crippen molar-refractivity contribution in [1.82, 2.24) is 24.5 Å². The molecule has 0 amide bonds. The van der Waals surface area contributed by atoms with E-state index in [2.05, 4.69) is 210 Å². The molecule has 0 fully saturated rings. The van der Waals surface area contributed by atoms with Crippen molar-refractivity contribution in [2.45, 2.75) is 0 Å². The van der Waals surface area contributed by atoms with Gasteiger partial charge in [0.2, 0.25) is 0 Å². The molecular formula is C63H37N5SU. The molecule has 0 bridgehead atoms. The van der Waals surface area contributed by atoms with Gasteiger partial charge in [-0.15, -0.1) is 29.5 Å². The molecule has 14 rings (SSSR count). The summed E-state index contributed by atoms with van der Waals surface area (Å²) < 4.78 is 5.08. The molecule has 0 aliphatic rings. The molecule has 0 atom stereocenters. The number of aromatic nitrogens is 5. The molecule has 10 aromatic carbocycles. The summed E-state index contributed by atoms with van der Waals surface area (Å²) in [5, 5.41) is 7.39. The summed E-state index contributed by atoms with van der Waals surface area (Å²) in [6.07, 6.45) is 0. The third-order valence-electron chi connectivity index (χ3n) is 13.4. The molecule has 324 valence electrons. The fraction of sp³-hybridized carbons (Fsp3) is 0. The van der Waals surface area contributed by atoms with Gasteiger partial charge in [0.1, 0.15) is 5.82 Å². The van der Waals surface area contributed by atoms with Gasteiger partial charge in [-0.3, -0.25) is 0 Å². The van der Waals surface area contributed by atoms with Crippen LogP contribution >= 0.6 is 11.3 Å². The number of hydrogen-bond acceptors (Lipinski definition) is 4. The topological polar surface area (TPSA) is 59.4 Å². The van der Waals surface area contributed by atoms with E-state index in [1.54, 1.807) is 0 Å². The predicted molar refractivity (Wildman–Crippen MR) is 287 cm³/mol. The molecule has 4 aromatic heterocycles. The Morgan fingerprint density at radius 3 is 1.74 bits per heavy atom. The van der Waals surface area contributed by atoms with E-state index in [-0.39, 0.29) is 31.1 Å². The van der Waals surface area contributed by atoms with E-state index >= 15 is 0 Å². The number of hydrogen-bond donors (Lipinski definition) is 1.